The molecule has 0 fully saturated rings. The Morgan fingerprint density at radius 3 is 2.25 bits per heavy atom. The molecule has 0 heterocycles. The maximum absolute atomic E-state index is 10.4. The van der Waals surface area contributed by atoms with Gasteiger partial charge in [-0.3, -0.25) is 4.18 Å². The Balaban J connectivity index is 1.97. The molecule has 0 aliphatic carbocycles. The lowest BCUT2D eigenvalue weighted by molar-refractivity contribution is 0.229. The summed E-state index contributed by atoms with van der Waals surface area (Å²) < 4.78 is 14.0. The zero-order valence-corrected chi connectivity index (χ0v) is 2.83. The Bertz CT molecular complexity index is 10.0. The molecule has 0 saturated carbocycles. The summed E-state index contributed by atoms with van der Waals surface area (Å²) in [6.07, 6.45) is 0. The predicted molar refractivity (Wildman–Crippen MR) is 16.0 cm³/mol. The van der Waals surface area contributed by atoms with Crippen molar-refractivity contribution < 1.29 is 8.57 Å². The Morgan fingerprint density at radius 1 is 2.00 bits per heavy atom. The van der Waals surface area contributed by atoms with Gasteiger partial charge in [0.25, 0.3) is 0 Å². The van der Waals surface area contributed by atoms with Gasteiger partial charge in [-0.05, 0) is 12.9 Å². The van der Waals surface area contributed by atoms with Gasteiger partial charge in [-0.25, -0.2) is 4.39 Å². The molecule has 0 aromatic carbocycles. The lowest BCUT2D eigenvalue weighted by atomic mass is 11.6. The molecular weight excluding hydrogens is 79.1 g/mol. The van der Waals surface area contributed by atoms with Crippen molar-refractivity contribution in [1.82, 2.24) is 0 Å². The van der Waals surface area contributed by atoms with E-state index in [1.54, 1.807) is 0 Å². The summed E-state index contributed by atoms with van der Waals surface area (Å²) >= 11 is 3.05. The van der Waals surface area contributed by atoms with E-state index in [0.29, 0.717) is 0 Å². The van der Waals surface area contributed by atoms with Gasteiger partial charge in [0.1, 0.15) is 0 Å². The van der Waals surface area contributed by atoms with Crippen molar-refractivity contribution in [3.8, 4) is 0 Å². The van der Waals surface area contributed by atoms with E-state index in [9.17, 15) is 4.39 Å². The number of hydrogen-bond acceptors (Lipinski definition) is 2. The molecule has 26 valence electrons. The summed E-state index contributed by atoms with van der Waals surface area (Å²) in [5, 5.41) is 0. The molecule has 4 heavy (non-hydrogen) atoms. The number of rotatable bonds is 1. The maximum atomic E-state index is 10.4. The first-order valence-corrected chi connectivity index (χ1v) is 1.10. The van der Waals surface area contributed by atoms with Crippen molar-refractivity contribution in [2.24, 2.45) is 0 Å². The fourth-order valence-electron chi connectivity index (χ4n) is 0. The van der Waals surface area contributed by atoms with E-state index in [4.69, 9.17) is 0 Å². The van der Waals surface area contributed by atoms with E-state index < -0.39 is 6.86 Å². The lowest BCUT2D eigenvalue weighted by Crippen LogP contribution is -1.61. The van der Waals surface area contributed by atoms with Crippen LogP contribution >= 0.6 is 12.9 Å². The van der Waals surface area contributed by atoms with E-state index in [1.807, 2.05) is 0 Å². The molecule has 3 heteroatoms. The molecule has 0 spiro atoms. The molecule has 0 N–H and O–H groups in total. The average Bonchev–Trinajstić information content (AvgIpc) is 1.37. The molecule has 0 radical (unpaired) electrons. The minimum absolute atomic E-state index is 0.816. The third kappa shape index (κ3) is 2.24. The lowest BCUT2D eigenvalue weighted by Gasteiger charge is -1.70. The topological polar surface area (TPSA) is 9.23 Å². The second-order valence-corrected chi connectivity index (χ2v) is 0.496. The van der Waals surface area contributed by atoms with Crippen LogP contribution in [0, 0.1) is 0 Å². The maximum Gasteiger partial charge on any atom is 0.200 e. The normalized spacial score (nSPS) is 7.50. The van der Waals surface area contributed by atoms with Crippen LogP contribution in [0.1, 0.15) is 0 Å². The number of halogens is 1. The minimum Gasteiger partial charge on any atom is -0.285 e. The second kappa shape index (κ2) is 3.24. The largest absolute Gasteiger partial charge is 0.285 e. The van der Waals surface area contributed by atoms with Gasteiger partial charge in [0.15, 0.2) is 0 Å². The summed E-state index contributed by atoms with van der Waals surface area (Å²) in [6.45, 7) is -0.816. The fourth-order valence-corrected chi connectivity index (χ4v) is 0. The fraction of sp³-hybridized carbons (Fsp3) is 1.00. The number of thiol groups is 1. The van der Waals surface area contributed by atoms with Gasteiger partial charge in [-0.1, -0.05) is 0 Å². The molecular formula is CH3FOS. The highest BCUT2D eigenvalue weighted by Crippen LogP contribution is 1.72. The van der Waals surface area contributed by atoms with Crippen LogP contribution in [0.4, 0.5) is 4.39 Å². The van der Waals surface area contributed by atoms with Crippen molar-refractivity contribution in [1.29, 1.82) is 0 Å². The molecule has 0 bridgehead atoms. The van der Waals surface area contributed by atoms with E-state index >= 15 is 0 Å². The second-order valence-electron chi connectivity index (χ2n) is 0.238. The Hall–Kier alpha value is 0.240. The predicted octanol–water partition coefficient (Wildman–Crippen LogP) is 0.775. The first-order chi connectivity index (χ1) is 1.91. The Labute approximate surface area is 29.4 Å². The molecule has 0 rings (SSSR count). The molecule has 0 aromatic heterocycles. The molecule has 0 saturated heterocycles. The SMILES string of the molecule is FCOS. The number of hydrogen-bond donors (Lipinski definition) is 1. The first kappa shape index (κ1) is 4.24. The molecule has 1 nitrogen and oxygen atoms in total. The van der Waals surface area contributed by atoms with Crippen LogP contribution < -0.4 is 0 Å². The van der Waals surface area contributed by atoms with Gasteiger partial charge in [0.05, 0.1) is 0 Å². The van der Waals surface area contributed by atoms with Crippen molar-refractivity contribution in [2.45, 2.75) is 0 Å². The zero-order valence-electron chi connectivity index (χ0n) is 1.94. The van der Waals surface area contributed by atoms with E-state index in [0.717, 1.165) is 0 Å². The number of alkyl halides is 1. The molecule has 0 aliphatic heterocycles. The van der Waals surface area contributed by atoms with Gasteiger partial charge >= 0.3 is 0 Å². The highest BCUT2D eigenvalue weighted by molar-refractivity contribution is 7.75. The molecule has 0 amide bonds. The molecule has 0 unspecified atom stereocenters. The first-order valence-electron chi connectivity index (χ1n) is 0.739. The van der Waals surface area contributed by atoms with Gasteiger partial charge in [-0.2, -0.15) is 0 Å². The van der Waals surface area contributed by atoms with Crippen molar-refractivity contribution in [2.75, 3.05) is 6.86 Å². The monoisotopic (exact) mass is 82.0 g/mol. The highest BCUT2D eigenvalue weighted by Gasteiger charge is 1.57. The van der Waals surface area contributed by atoms with Crippen LogP contribution in [0.2, 0.25) is 0 Å². The molecule has 0 atom stereocenters. The van der Waals surface area contributed by atoms with Gasteiger partial charge in [0, 0.05) is 0 Å². The summed E-state index contributed by atoms with van der Waals surface area (Å²) in [5.74, 6) is 0. The van der Waals surface area contributed by atoms with E-state index in [1.165, 1.54) is 0 Å². The van der Waals surface area contributed by atoms with Crippen LogP contribution in [0.5, 0.6) is 0 Å². The third-order valence-electron chi connectivity index (χ3n) is 0.0488. The van der Waals surface area contributed by atoms with E-state index in [2.05, 4.69) is 17.1 Å². The van der Waals surface area contributed by atoms with Gasteiger partial charge in [0.2, 0.25) is 6.86 Å². The van der Waals surface area contributed by atoms with Crippen LogP contribution in [0.15, 0.2) is 0 Å². The van der Waals surface area contributed by atoms with Crippen LogP contribution in [0.3, 0.4) is 0 Å². The third-order valence-corrected chi connectivity index (χ3v) is 0.146. The van der Waals surface area contributed by atoms with Crippen molar-refractivity contribution in [3.63, 3.8) is 0 Å². The highest BCUT2D eigenvalue weighted by atomic mass is 32.1. The minimum atomic E-state index is -0.816. The molecule has 0 aliphatic rings. The smallest absolute Gasteiger partial charge is 0.200 e. The summed E-state index contributed by atoms with van der Waals surface area (Å²) in [5.41, 5.74) is 0. The summed E-state index contributed by atoms with van der Waals surface area (Å²) in [6, 6.07) is 0. The van der Waals surface area contributed by atoms with E-state index in [-0.39, 0.29) is 0 Å². The summed E-state index contributed by atoms with van der Waals surface area (Å²) in [7, 11) is 0. The Morgan fingerprint density at radius 2 is 2.25 bits per heavy atom. The van der Waals surface area contributed by atoms with Gasteiger partial charge in [-0.15, -0.1) is 0 Å². The summed E-state index contributed by atoms with van der Waals surface area (Å²) in [4.78, 5) is 0. The average molecular weight is 82.1 g/mol. The van der Waals surface area contributed by atoms with Crippen molar-refractivity contribution >= 4 is 12.9 Å². The zero-order chi connectivity index (χ0) is 3.41. The van der Waals surface area contributed by atoms with Crippen LogP contribution in [0.25, 0.3) is 0 Å². The van der Waals surface area contributed by atoms with Crippen LogP contribution in [-0.2, 0) is 4.18 Å². The quantitative estimate of drug-likeness (QED) is 0.363. The Kier molecular flexibility index (Phi) is 3.43. The van der Waals surface area contributed by atoms with Crippen LogP contribution in [-0.4, -0.2) is 6.86 Å². The standard InChI is InChI=1S/CH3FOS/c2-1-3-4/h4H,1H2. The molecule has 0 aromatic rings. The van der Waals surface area contributed by atoms with Crippen molar-refractivity contribution in [3.05, 3.63) is 0 Å². The van der Waals surface area contributed by atoms with Gasteiger partial charge < -0.3 is 0 Å².